The van der Waals surface area contributed by atoms with Crippen molar-refractivity contribution in [2.24, 2.45) is 5.73 Å². The highest BCUT2D eigenvalue weighted by molar-refractivity contribution is 6.30. The van der Waals surface area contributed by atoms with Crippen molar-refractivity contribution in [3.05, 3.63) is 59.9 Å². The summed E-state index contributed by atoms with van der Waals surface area (Å²) in [5, 5.41) is 0.706. The topological polar surface area (TPSA) is 67.9 Å². The molecule has 132 valence electrons. The summed E-state index contributed by atoms with van der Waals surface area (Å²) in [6.45, 7) is 1.76. The lowest BCUT2D eigenvalue weighted by Crippen LogP contribution is -2.43. The zero-order chi connectivity index (χ0) is 17.9. The van der Waals surface area contributed by atoms with Crippen molar-refractivity contribution >= 4 is 17.4 Å². The van der Waals surface area contributed by atoms with E-state index in [2.05, 4.69) is 9.88 Å². The minimum atomic E-state index is 0.180. The van der Waals surface area contributed by atoms with E-state index in [9.17, 15) is 0 Å². The molecule has 1 atom stereocenters. The summed E-state index contributed by atoms with van der Waals surface area (Å²) in [6, 6.07) is 13.8. The van der Waals surface area contributed by atoms with Gasteiger partial charge in [-0.15, -0.1) is 0 Å². The maximum atomic E-state index is 6.17. The van der Waals surface area contributed by atoms with E-state index in [1.165, 1.54) is 0 Å². The summed E-state index contributed by atoms with van der Waals surface area (Å²) in [5.74, 6) is 1.57. The maximum Gasteiger partial charge on any atom is 0.163 e. The van der Waals surface area contributed by atoms with Crippen LogP contribution in [-0.2, 0) is 0 Å². The predicted molar refractivity (Wildman–Crippen MR) is 105 cm³/mol. The van der Waals surface area contributed by atoms with Crippen LogP contribution in [0.1, 0.15) is 12.8 Å². The Kier molecular flexibility index (Phi) is 4.82. The third-order valence-electron chi connectivity index (χ3n) is 4.55. The second-order valence-corrected chi connectivity index (χ2v) is 6.97. The van der Waals surface area contributed by atoms with Crippen LogP contribution in [0.3, 0.4) is 0 Å². The quantitative estimate of drug-likeness (QED) is 0.764. The molecule has 3 heterocycles. The van der Waals surface area contributed by atoms with Crippen LogP contribution in [0.25, 0.3) is 22.6 Å². The zero-order valence-corrected chi connectivity index (χ0v) is 15.1. The average molecular weight is 366 g/mol. The number of rotatable bonds is 3. The third kappa shape index (κ3) is 3.69. The number of pyridine rings is 1. The normalized spacial score (nSPS) is 17.3. The highest BCUT2D eigenvalue weighted by atomic mass is 35.5. The van der Waals surface area contributed by atoms with Crippen molar-refractivity contribution in [1.82, 2.24) is 15.0 Å². The molecule has 3 aromatic rings. The summed E-state index contributed by atoms with van der Waals surface area (Å²) in [7, 11) is 0. The number of nitrogens with two attached hydrogens (primary N) is 1. The lowest BCUT2D eigenvalue weighted by atomic mass is 10.1. The van der Waals surface area contributed by atoms with Crippen LogP contribution in [0, 0.1) is 0 Å². The van der Waals surface area contributed by atoms with Crippen molar-refractivity contribution in [3.63, 3.8) is 0 Å². The van der Waals surface area contributed by atoms with Gasteiger partial charge in [-0.1, -0.05) is 23.7 Å². The van der Waals surface area contributed by atoms with Crippen LogP contribution in [0.5, 0.6) is 0 Å². The SMILES string of the molecule is N[C@@H]1CCCN(c2cc(-c3ccc(Cl)cc3)nc(-c3cccnc3)n2)C1. The van der Waals surface area contributed by atoms with Crippen LogP contribution in [0.15, 0.2) is 54.9 Å². The molecule has 1 aromatic carbocycles. The third-order valence-corrected chi connectivity index (χ3v) is 4.81. The Hall–Kier alpha value is -2.50. The number of halogens is 1. The molecule has 0 amide bonds. The largest absolute Gasteiger partial charge is 0.355 e. The number of hydrogen-bond acceptors (Lipinski definition) is 5. The highest BCUT2D eigenvalue weighted by Crippen LogP contribution is 2.28. The van der Waals surface area contributed by atoms with Gasteiger partial charge in [0.1, 0.15) is 5.82 Å². The van der Waals surface area contributed by atoms with E-state index in [1.54, 1.807) is 12.4 Å². The van der Waals surface area contributed by atoms with E-state index in [0.29, 0.717) is 10.8 Å². The molecule has 1 fully saturated rings. The molecule has 5 nitrogen and oxygen atoms in total. The average Bonchev–Trinajstić information content (AvgIpc) is 2.69. The Morgan fingerprint density at radius 2 is 1.92 bits per heavy atom. The molecule has 2 aromatic heterocycles. The van der Waals surface area contributed by atoms with E-state index in [0.717, 1.165) is 48.6 Å². The van der Waals surface area contributed by atoms with Gasteiger partial charge in [0.25, 0.3) is 0 Å². The van der Waals surface area contributed by atoms with Crippen LogP contribution < -0.4 is 10.6 Å². The predicted octanol–water partition coefficient (Wildman–Crippen LogP) is 3.79. The molecule has 2 N–H and O–H groups in total. The van der Waals surface area contributed by atoms with E-state index < -0.39 is 0 Å². The molecule has 0 unspecified atom stereocenters. The van der Waals surface area contributed by atoms with Gasteiger partial charge in [-0.05, 0) is 37.1 Å². The first kappa shape index (κ1) is 16.9. The molecule has 1 aliphatic heterocycles. The first-order chi connectivity index (χ1) is 12.7. The number of anilines is 1. The fraction of sp³-hybridized carbons (Fsp3) is 0.250. The number of piperidine rings is 1. The number of benzene rings is 1. The van der Waals surface area contributed by atoms with Crippen molar-refractivity contribution in [3.8, 4) is 22.6 Å². The minimum Gasteiger partial charge on any atom is -0.355 e. The lowest BCUT2D eigenvalue weighted by Gasteiger charge is -2.32. The second kappa shape index (κ2) is 7.40. The fourth-order valence-corrected chi connectivity index (χ4v) is 3.33. The molecule has 1 aliphatic rings. The van der Waals surface area contributed by atoms with Gasteiger partial charge in [0, 0.05) is 53.7 Å². The van der Waals surface area contributed by atoms with Gasteiger partial charge in [-0.25, -0.2) is 9.97 Å². The van der Waals surface area contributed by atoms with Gasteiger partial charge < -0.3 is 10.6 Å². The van der Waals surface area contributed by atoms with Crippen molar-refractivity contribution in [2.45, 2.75) is 18.9 Å². The Labute approximate surface area is 157 Å². The molecule has 6 heteroatoms. The van der Waals surface area contributed by atoms with Gasteiger partial charge in [-0.3, -0.25) is 4.98 Å². The van der Waals surface area contributed by atoms with E-state index in [-0.39, 0.29) is 6.04 Å². The van der Waals surface area contributed by atoms with Gasteiger partial charge in [0.05, 0.1) is 5.69 Å². The Balaban J connectivity index is 1.80. The van der Waals surface area contributed by atoms with Gasteiger partial charge in [0.15, 0.2) is 5.82 Å². The van der Waals surface area contributed by atoms with Gasteiger partial charge >= 0.3 is 0 Å². The molecule has 4 rings (SSSR count). The Morgan fingerprint density at radius 1 is 1.08 bits per heavy atom. The van der Waals surface area contributed by atoms with Crippen LogP contribution in [-0.4, -0.2) is 34.1 Å². The number of hydrogen-bond donors (Lipinski definition) is 1. The van der Waals surface area contributed by atoms with Crippen LogP contribution in [0.2, 0.25) is 5.02 Å². The molecule has 0 aliphatic carbocycles. The summed E-state index contributed by atoms with van der Waals surface area (Å²) in [5.41, 5.74) is 8.93. The van der Waals surface area contributed by atoms with Crippen LogP contribution >= 0.6 is 11.6 Å². The summed E-state index contributed by atoms with van der Waals surface area (Å²) in [4.78, 5) is 16.0. The van der Waals surface area contributed by atoms with E-state index in [1.807, 2.05) is 42.5 Å². The standard InChI is InChI=1S/C20H20ClN5/c21-16-7-5-14(6-8-16)18-11-19(26-10-2-4-17(22)13-26)25-20(24-18)15-3-1-9-23-12-15/h1,3,5-9,11-12,17H,2,4,10,13,22H2/t17-/m1/s1. The summed E-state index contributed by atoms with van der Waals surface area (Å²) < 4.78 is 0. The van der Waals surface area contributed by atoms with Crippen molar-refractivity contribution < 1.29 is 0 Å². The smallest absolute Gasteiger partial charge is 0.163 e. The molecule has 0 spiro atoms. The highest BCUT2D eigenvalue weighted by Gasteiger charge is 2.20. The second-order valence-electron chi connectivity index (χ2n) is 6.53. The molecule has 1 saturated heterocycles. The molecule has 0 saturated carbocycles. The summed E-state index contributed by atoms with van der Waals surface area (Å²) in [6.07, 6.45) is 5.66. The van der Waals surface area contributed by atoms with Gasteiger partial charge in [0.2, 0.25) is 0 Å². The summed E-state index contributed by atoms with van der Waals surface area (Å²) >= 11 is 6.03. The lowest BCUT2D eigenvalue weighted by molar-refractivity contribution is 0.503. The number of nitrogens with zero attached hydrogens (tertiary/aromatic N) is 4. The molecule has 0 radical (unpaired) electrons. The minimum absolute atomic E-state index is 0.180. The Morgan fingerprint density at radius 3 is 2.65 bits per heavy atom. The molecular formula is C20H20ClN5. The maximum absolute atomic E-state index is 6.17. The van der Waals surface area contributed by atoms with Crippen LogP contribution in [0.4, 0.5) is 5.82 Å². The molecule has 26 heavy (non-hydrogen) atoms. The van der Waals surface area contributed by atoms with Crippen molar-refractivity contribution in [1.29, 1.82) is 0 Å². The molecule has 0 bridgehead atoms. The van der Waals surface area contributed by atoms with E-state index >= 15 is 0 Å². The monoisotopic (exact) mass is 365 g/mol. The van der Waals surface area contributed by atoms with Crippen molar-refractivity contribution in [2.75, 3.05) is 18.0 Å². The first-order valence-electron chi connectivity index (χ1n) is 8.75. The zero-order valence-electron chi connectivity index (χ0n) is 14.3. The van der Waals surface area contributed by atoms with Gasteiger partial charge in [-0.2, -0.15) is 0 Å². The first-order valence-corrected chi connectivity index (χ1v) is 9.13. The molecular weight excluding hydrogens is 346 g/mol. The Bertz CT molecular complexity index is 882. The fourth-order valence-electron chi connectivity index (χ4n) is 3.21. The van der Waals surface area contributed by atoms with E-state index in [4.69, 9.17) is 27.3 Å². The number of aromatic nitrogens is 3.